The van der Waals surface area contributed by atoms with E-state index < -0.39 is 6.10 Å². The molecule has 2 saturated heterocycles. The summed E-state index contributed by atoms with van der Waals surface area (Å²) in [5, 5.41) is 18.2. The maximum Gasteiger partial charge on any atom is 0.296 e. The van der Waals surface area contributed by atoms with Crippen molar-refractivity contribution in [1.82, 2.24) is 24.7 Å². The standard InChI is InChI=1S/C20H23ClN6O4/c21-12-5-13-19(24-18(12)22-6-11-3-4-27(26-11)7-10-1-2-10)25-20(23-13)31-15-9-30-16-14(28)8-29-17(15)16/h3-5,10,14-17,28H,1-2,6-9H2,(H2,22,23,24,25)/t14-,15-,16-,17-/m1/s1. The van der Waals surface area contributed by atoms with Crippen LogP contribution in [-0.2, 0) is 22.6 Å². The fraction of sp³-hybridized carbons (Fsp3) is 0.550. The molecule has 5 heterocycles. The molecule has 3 aromatic heterocycles. The molecule has 1 saturated carbocycles. The van der Waals surface area contributed by atoms with Crippen molar-refractivity contribution in [2.45, 2.75) is 50.3 Å². The van der Waals surface area contributed by atoms with Gasteiger partial charge < -0.3 is 29.6 Å². The molecule has 0 spiro atoms. The minimum atomic E-state index is -0.622. The molecule has 2 aliphatic heterocycles. The lowest BCUT2D eigenvalue weighted by Gasteiger charge is -2.15. The number of imidazole rings is 1. The Balaban J connectivity index is 1.13. The third-order valence-electron chi connectivity index (χ3n) is 5.92. The van der Waals surface area contributed by atoms with Gasteiger partial charge in [-0.1, -0.05) is 11.6 Å². The van der Waals surface area contributed by atoms with Crippen molar-refractivity contribution in [2.75, 3.05) is 18.5 Å². The zero-order valence-electron chi connectivity index (χ0n) is 16.7. The molecule has 4 atom stereocenters. The number of aromatic nitrogens is 5. The zero-order valence-corrected chi connectivity index (χ0v) is 17.5. The molecule has 6 rings (SSSR count). The van der Waals surface area contributed by atoms with Crippen LogP contribution in [0, 0.1) is 5.92 Å². The predicted molar refractivity (Wildman–Crippen MR) is 111 cm³/mol. The summed E-state index contributed by atoms with van der Waals surface area (Å²) in [6.07, 6.45) is 2.97. The monoisotopic (exact) mass is 446 g/mol. The number of pyridine rings is 1. The van der Waals surface area contributed by atoms with Crippen molar-refractivity contribution in [3.05, 3.63) is 29.0 Å². The highest BCUT2D eigenvalue weighted by molar-refractivity contribution is 6.33. The third-order valence-corrected chi connectivity index (χ3v) is 6.21. The third kappa shape index (κ3) is 3.84. The van der Waals surface area contributed by atoms with E-state index in [0.29, 0.717) is 41.2 Å². The molecule has 0 radical (unpaired) electrons. The van der Waals surface area contributed by atoms with Crippen molar-refractivity contribution in [3.63, 3.8) is 0 Å². The van der Waals surface area contributed by atoms with E-state index in [1.54, 1.807) is 6.07 Å². The van der Waals surface area contributed by atoms with Crippen LogP contribution < -0.4 is 10.1 Å². The molecular weight excluding hydrogens is 424 g/mol. The largest absolute Gasteiger partial charge is 0.456 e. The maximum absolute atomic E-state index is 9.87. The van der Waals surface area contributed by atoms with Gasteiger partial charge in [-0.15, -0.1) is 0 Å². The molecule has 3 aromatic rings. The number of ether oxygens (including phenoxy) is 3. The number of hydrogen-bond acceptors (Lipinski definition) is 8. The number of nitrogens with zero attached hydrogens (tertiary/aromatic N) is 4. The first-order valence-electron chi connectivity index (χ1n) is 10.5. The number of halogens is 1. The van der Waals surface area contributed by atoms with Crippen LogP contribution >= 0.6 is 11.6 Å². The van der Waals surface area contributed by atoms with Crippen molar-refractivity contribution in [2.24, 2.45) is 5.92 Å². The lowest BCUT2D eigenvalue weighted by atomic mass is 10.1. The van der Waals surface area contributed by atoms with E-state index in [-0.39, 0.29) is 24.9 Å². The van der Waals surface area contributed by atoms with Gasteiger partial charge in [-0.05, 0) is 30.9 Å². The summed E-state index contributed by atoms with van der Waals surface area (Å²) < 4.78 is 19.1. The average molecular weight is 447 g/mol. The Morgan fingerprint density at radius 3 is 3.00 bits per heavy atom. The molecule has 164 valence electrons. The molecule has 31 heavy (non-hydrogen) atoms. The molecule has 3 N–H and O–H groups in total. The molecule has 0 aromatic carbocycles. The van der Waals surface area contributed by atoms with Crippen molar-refractivity contribution in [1.29, 1.82) is 0 Å². The number of anilines is 1. The van der Waals surface area contributed by atoms with Crippen LogP contribution in [0.1, 0.15) is 18.5 Å². The first-order valence-corrected chi connectivity index (χ1v) is 10.9. The number of fused-ring (bicyclic) bond motifs is 2. The lowest BCUT2D eigenvalue weighted by Crippen LogP contribution is -2.34. The van der Waals surface area contributed by atoms with E-state index >= 15 is 0 Å². The van der Waals surface area contributed by atoms with Crippen LogP contribution in [0.4, 0.5) is 5.82 Å². The normalized spacial score (nSPS) is 27.7. The second kappa shape index (κ2) is 7.63. The number of aliphatic hydroxyl groups excluding tert-OH is 1. The van der Waals surface area contributed by atoms with Crippen LogP contribution in [-0.4, -0.2) is 67.5 Å². The van der Waals surface area contributed by atoms with E-state index in [1.807, 2.05) is 16.9 Å². The minimum Gasteiger partial charge on any atom is -0.456 e. The van der Waals surface area contributed by atoms with Gasteiger partial charge in [0, 0.05) is 12.7 Å². The summed E-state index contributed by atoms with van der Waals surface area (Å²) in [5.41, 5.74) is 2.09. The first-order chi connectivity index (χ1) is 15.1. The van der Waals surface area contributed by atoms with Crippen molar-refractivity contribution in [3.8, 4) is 6.01 Å². The van der Waals surface area contributed by atoms with Gasteiger partial charge in [-0.25, -0.2) is 4.98 Å². The second-order valence-corrected chi connectivity index (χ2v) is 8.78. The molecule has 0 bridgehead atoms. The quantitative estimate of drug-likeness (QED) is 0.502. The smallest absolute Gasteiger partial charge is 0.296 e. The fourth-order valence-electron chi connectivity index (χ4n) is 4.10. The highest BCUT2D eigenvalue weighted by Gasteiger charge is 2.48. The van der Waals surface area contributed by atoms with Gasteiger partial charge in [0.1, 0.15) is 24.1 Å². The van der Waals surface area contributed by atoms with Gasteiger partial charge in [-0.3, -0.25) is 4.68 Å². The van der Waals surface area contributed by atoms with E-state index in [0.717, 1.165) is 18.2 Å². The maximum atomic E-state index is 9.87. The number of rotatable bonds is 7. The number of nitrogens with one attached hydrogen (secondary N) is 2. The topological polar surface area (TPSA) is 119 Å². The molecule has 3 aliphatic rings. The number of aliphatic hydroxyl groups is 1. The Hall–Kier alpha value is -2.40. The van der Waals surface area contributed by atoms with E-state index in [9.17, 15) is 5.11 Å². The molecule has 0 unspecified atom stereocenters. The Morgan fingerprint density at radius 1 is 1.26 bits per heavy atom. The fourth-order valence-corrected chi connectivity index (χ4v) is 4.32. The summed E-state index contributed by atoms with van der Waals surface area (Å²) in [7, 11) is 0. The van der Waals surface area contributed by atoms with Gasteiger partial charge in [0.05, 0.1) is 36.0 Å². The van der Waals surface area contributed by atoms with Crippen LogP contribution in [0.3, 0.4) is 0 Å². The van der Waals surface area contributed by atoms with E-state index in [4.69, 9.17) is 25.8 Å². The Bertz CT molecular complexity index is 1100. The van der Waals surface area contributed by atoms with E-state index in [2.05, 4.69) is 25.4 Å². The Morgan fingerprint density at radius 2 is 2.13 bits per heavy atom. The number of aromatic amines is 1. The average Bonchev–Trinajstić information content (AvgIpc) is 3.09. The van der Waals surface area contributed by atoms with Gasteiger partial charge in [-0.2, -0.15) is 10.1 Å². The Kier molecular flexibility index (Phi) is 4.75. The zero-order chi connectivity index (χ0) is 20.9. The van der Waals surface area contributed by atoms with Gasteiger partial charge >= 0.3 is 0 Å². The molecule has 3 fully saturated rings. The van der Waals surface area contributed by atoms with Crippen LogP contribution in [0.5, 0.6) is 6.01 Å². The molecule has 1 aliphatic carbocycles. The summed E-state index contributed by atoms with van der Waals surface area (Å²) >= 11 is 6.41. The van der Waals surface area contributed by atoms with Crippen LogP contribution in [0.15, 0.2) is 18.3 Å². The van der Waals surface area contributed by atoms with Crippen LogP contribution in [0.2, 0.25) is 5.02 Å². The Labute approximate surface area is 182 Å². The number of hydrogen-bond donors (Lipinski definition) is 3. The van der Waals surface area contributed by atoms with Crippen LogP contribution in [0.25, 0.3) is 11.2 Å². The van der Waals surface area contributed by atoms with Gasteiger partial charge in [0.15, 0.2) is 11.8 Å². The molecular formula is C20H23ClN6O4. The van der Waals surface area contributed by atoms with Crippen molar-refractivity contribution >= 4 is 28.6 Å². The summed E-state index contributed by atoms with van der Waals surface area (Å²) in [5.74, 6) is 1.32. The lowest BCUT2D eigenvalue weighted by molar-refractivity contribution is 0.00706. The van der Waals surface area contributed by atoms with E-state index in [1.165, 1.54) is 12.8 Å². The molecule has 10 nitrogen and oxygen atoms in total. The van der Waals surface area contributed by atoms with Crippen molar-refractivity contribution < 1.29 is 19.3 Å². The number of H-pyrrole nitrogens is 1. The molecule has 0 amide bonds. The molecule has 11 heteroatoms. The predicted octanol–water partition coefficient (Wildman–Crippen LogP) is 1.74. The summed E-state index contributed by atoms with van der Waals surface area (Å²) in [4.78, 5) is 12.0. The first kappa shape index (κ1) is 19.3. The SMILES string of the molecule is O[C@@H]1CO[C@H]2[C@@H]1OC[C@H]2Oc1nc2nc(NCc3ccn(CC4CC4)n3)c(Cl)cc2[nH]1. The second-order valence-electron chi connectivity index (χ2n) is 8.38. The summed E-state index contributed by atoms with van der Waals surface area (Å²) in [6, 6.07) is 4.08. The van der Waals surface area contributed by atoms with Gasteiger partial charge in [0.2, 0.25) is 0 Å². The van der Waals surface area contributed by atoms with Gasteiger partial charge in [0.25, 0.3) is 6.01 Å². The summed E-state index contributed by atoms with van der Waals surface area (Å²) in [6.45, 7) is 2.09. The minimum absolute atomic E-state index is 0.250. The highest BCUT2D eigenvalue weighted by Crippen LogP contribution is 2.31. The highest BCUT2D eigenvalue weighted by atomic mass is 35.5.